The number of ketones is 1. The summed E-state index contributed by atoms with van der Waals surface area (Å²) in [5, 5.41) is 1.82. The third kappa shape index (κ3) is 4.09. The highest BCUT2D eigenvalue weighted by Crippen LogP contribution is 2.32. The third-order valence-electron chi connectivity index (χ3n) is 4.66. The molecule has 1 saturated heterocycles. The number of halogens is 3. The highest BCUT2D eigenvalue weighted by atomic mass is 32.2. The van der Waals surface area contributed by atoms with Crippen molar-refractivity contribution in [2.45, 2.75) is 30.8 Å². The number of rotatable bonds is 4. The van der Waals surface area contributed by atoms with Crippen LogP contribution in [-0.4, -0.2) is 31.6 Å². The van der Waals surface area contributed by atoms with Crippen LogP contribution in [0.5, 0.6) is 0 Å². The number of benzene rings is 1. The van der Waals surface area contributed by atoms with Crippen LogP contribution in [0.15, 0.2) is 40.6 Å². The SMILES string of the molecule is Cc1ccsc1C(=O)C1CCCN(S(=O)(=O)c2ccc(C(F)(F)F)cc2)C1. The van der Waals surface area contributed by atoms with Gasteiger partial charge in [-0.3, -0.25) is 4.79 Å². The first kappa shape index (κ1) is 20.0. The second-order valence-corrected chi connectivity index (χ2v) is 9.38. The van der Waals surface area contributed by atoms with Crippen LogP contribution in [0.25, 0.3) is 0 Å². The summed E-state index contributed by atoms with van der Waals surface area (Å²) in [7, 11) is -3.95. The van der Waals surface area contributed by atoms with Crippen LogP contribution in [0.3, 0.4) is 0 Å². The molecule has 1 fully saturated rings. The molecule has 1 aromatic carbocycles. The van der Waals surface area contributed by atoms with Crippen molar-refractivity contribution in [3.8, 4) is 0 Å². The van der Waals surface area contributed by atoms with Gasteiger partial charge in [0.1, 0.15) is 0 Å². The zero-order valence-corrected chi connectivity index (χ0v) is 16.1. The monoisotopic (exact) mass is 417 g/mol. The van der Waals surface area contributed by atoms with E-state index in [0.29, 0.717) is 17.7 Å². The van der Waals surface area contributed by atoms with Crippen molar-refractivity contribution in [1.82, 2.24) is 4.31 Å². The second kappa shape index (κ2) is 7.37. The molecule has 0 radical (unpaired) electrons. The lowest BCUT2D eigenvalue weighted by atomic mass is 9.93. The summed E-state index contributed by atoms with van der Waals surface area (Å²) < 4.78 is 64.9. The highest BCUT2D eigenvalue weighted by Gasteiger charge is 2.35. The van der Waals surface area contributed by atoms with Crippen molar-refractivity contribution in [2.24, 2.45) is 5.92 Å². The van der Waals surface area contributed by atoms with Crippen LogP contribution in [0.1, 0.15) is 33.6 Å². The fourth-order valence-electron chi connectivity index (χ4n) is 3.15. The first-order valence-corrected chi connectivity index (χ1v) is 10.7. The molecular formula is C18H18F3NO3S2. The van der Waals surface area contributed by atoms with Gasteiger partial charge in [0.05, 0.1) is 15.3 Å². The fourth-order valence-corrected chi connectivity index (χ4v) is 5.62. The third-order valence-corrected chi connectivity index (χ3v) is 7.57. The number of alkyl halides is 3. The Bertz CT molecular complexity index is 934. The average molecular weight is 417 g/mol. The van der Waals surface area contributed by atoms with Gasteiger partial charge in [-0.05, 0) is 61.0 Å². The Balaban J connectivity index is 1.80. The number of carbonyl (C=O) groups is 1. The van der Waals surface area contributed by atoms with Gasteiger partial charge >= 0.3 is 6.18 Å². The average Bonchev–Trinajstić information content (AvgIpc) is 3.06. The lowest BCUT2D eigenvalue weighted by Gasteiger charge is -2.31. The van der Waals surface area contributed by atoms with Gasteiger partial charge < -0.3 is 0 Å². The van der Waals surface area contributed by atoms with E-state index in [0.717, 1.165) is 29.8 Å². The minimum Gasteiger partial charge on any atom is -0.293 e. The molecule has 27 heavy (non-hydrogen) atoms. The number of carbonyl (C=O) groups excluding carboxylic acids is 1. The van der Waals surface area contributed by atoms with Gasteiger partial charge in [0.2, 0.25) is 10.0 Å². The van der Waals surface area contributed by atoms with Crippen molar-refractivity contribution in [2.75, 3.05) is 13.1 Å². The van der Waals surface area contributed by atoms with Crippen molar-refractivity contribution >= 4 is 27.1 Å². The van der Waals surface area contributed by atoms with Crippen LogP contribution < -0.4 is 0 Å². The number of aryl methyl sites for hydroxylation is 1. The van der Waals surface area contributed by atoms with Gasteiger partial charge in [0.25, 0.3) is 0 Å². The Kier molecular flexibility index (Phi) is 5.47. The van der Waals surface area contributed by atoms with Gasteiger partial charge in [-0.25, -0.2) is 8.42 Å². The lowest BCUT2D eigenvalue weighted by Crippen LogP contribution is -2.42. The molecule has 0 bridgehead atoms. The Morgan fingerprint density at radius 1 is 1.19 bits per heavy atom. The first-order chi connectivity index (χ1) is 12.6. The molecule has 4 nitrogen and oxygen atoms in total. The molecule has 0 N–H and O–H groups in total. The van der Waals surface area contributed by atoms with E-state index in [9.17, 15) is 26.4 Å². The molecule has 1 aromatic heterocycles. The number of nitrogens with zero attached hydrogens (tertiary/aromatic N) is 1. The summed E-state index contributed by atoms with van der Waals surface area (Å²) in [5.74, 6) is -0.518. The summed E-state index contributed by atoms with van der Waals surface area (Å²) in [6.07, 6.45) is -3.40. The largest absolute Gasteiger partial charge is 0.416 e. The van der Waals surface area contributed by atoms with Crippen LogP contribution in [-0.2, 0) is 16.2 Å². The van der Waals surface area contributed by atoms with Crippen LogP contribution >= 0.6 is 11.3 Å². The summed E-state index contributed by atoms with van der Waals surface area (Å²) in [5.41, 5.74) is -0.0333. The van der Waals surface area contributed by atoms with Crippen molar-refractivity contribution in [3.63, 3.8) is 0 Å². The molecule has 0 amide bonds. The summed E-state index contributed by atoms with van der Waals surface area (Å²) in [4.78, 5) is 13.1. The van der Waals surface area contributed by atoms with Crippen LogP contribution in [0, 0.1) is 12.8 Å². The van der Waals surface area contributed by atoms with E-state index in [1.165, 1.54) is 15.6 Å². The Morgan fingerprint density at radius 3 is 2.41 bits per heavy atom. The number of hydrogen-bond acceptors (Lipinski definition) is 4. The molecule has 1 atom stereocenters. The number of hydrogen-bond donors (Lipinski definition) is 0. The summed E-state index contributed by atoms with van der Waals surface area (Å²) >= 11 is 1.34. The maximum absolute atomic E-state index is 12.8. The summed E-state index contributed by atoms with van der Waals surface area (Å²) in [6, 6.07) is 5.29. The molecule has 3 rings (SSSR count). The predicted molar refractivity (Wildman–Crippen MR) is 96.3 cm³/mol. The Labute approximate surface area is 159 Å². The van der Waals surface area contributed by atoms with Crippen LogP contribution in [0.4, 0.5) is 13.2 Å². The smallest absolute Gasteiger partial charge is 0.293 e. The quantitative estimate of drug-likeness (QED) is 0.695. The number of Topliss-reactive ketones (excluding diaryl/α,β-unsaturated/α-hetero) is 1. The molecule has 0 aliphatic carbocycles. The van der Waals surface area contributed by atoms with E-state index in [1.807, 2.05) is 18.4 Å². The number of thiophene rings is 1. The highest BCUT2D eigenvalue weighted by molar-refractivity contribution is 7.89. The number of piperidine rings is 1. The van der Waals surface area contributed by atoms with E-state index < -0.39 is 27.7 Å². The zero-order valence-electron chi connectivity index (χ0n) is 14.5. The Hall–Kier alpha value is -1.71. The zero-order chi connectivity index (χ0) is 19.8. The molecular weight excluding hydrogens is 399 g/mol. The molecule has 1 aliphatic rings. The molecule has 2 aromatic rings. The van der Waals surface area contributed by atoms with E-state index >= 15 is 0 Å². The van der Waals surface area contributed by atoms with Gasteiger partial charge in [0, 0.05) is 19.0 Å². The topological polar surface area (TPSA) is 54.5 Å². The van der Waals surface area contributed by atoms with Crippen molar-refractivity contribution in [1.29, 1.82) is 0 Å². The molecule has 146 valence electrons. The predicted octanol–water partition coefficient (Wildman–Crippen LogP) is 4.36. The van der Waals surface area contributed by atoms with Gasteiger partial charge in [-0.2, -0.15) is 17.5 Å². The van der Waals surface area contributed by atoms with Crippen molar-refractivity contribution in [3.05, 3.63) is 51.7 Å². The van der Waals surface area contributed by atoms with Gasteiger partial charge in [-0.1, -0.05) is 0 Å². The molecule has 0 spiro atoms. The second-order valence-electron chi connectivity index (χ2n) is 6.52. The molecule has 9 heteroatoms. The van der Waals surface area contributed by atoms with E-state index in [4.69, 9.17) is 0 Å². The molecule has 1 unspecified atom stereocenters. The van der Waals surface area contributed by atoms with Crippen LogP contribution in [0.2, 0.25) is 0 Å². The Morgan fingerprint density at radius 2 is 1.85 bits per heavy atom. The maximum atomic E-state index is 12.8. The van der Waals surface area contributed by atoms with E-state index in [2.05, 4.69) is 0 Å². The maximum Gasteiger partial charge on any atom is 0.416 e. The van der Waals surface area contributed by atoms with E-state index in [1.54, 1.807) is 0 Å². The lowest BCUT2D eigenvalue weighted by molar-refractivity contribution is -0.137. The minimum absolute atomic E-state index is 0.0412. The van der Waals surface area contributed by atoms with Gasteiger partial charge in [0.15, 0.2) is 5.78 Å². The summed E-state index contributed by atoms with van der Waals surface area (Å²) in [6.45, 7) is 2.12. The fraction of sp³-hybridized carbons (Fsp3) is 0.389. The van der Waals surface area contributed by atoms with Crippen molar-refractivity contribution < 1.29 is 26.4 Å². The number of sulfonamides is 1. The first-order valence-electron chi connectivity index (χ1n) is 8.36. The standard InChI is InChI=1S/C18H18F3NO3S2/c1-12-8-10-26-17(12)16(23)13-3-2-9-22(11-13)27(24,25)15-6-4-14(5-7-15)18(19,20)21/h4-8,10,13H,2-3,9,11H2,1H3. The normalized spacial score (nSPS) is 19.2. The molecule has 0 saturated carbocycles. The minimum atomic E-state index is -4.52. The van der Waals surface area contributed by atoms with E-state index in [-0.39, 0.29) is 23.8 Å². The molecule has 2 heterocycles. The van der Waals surface area contributed by atoms with Gasteiger partial charge in [-0.15, -0.1) is 11.3 Å². The molecule has 1 aliphatic heterocycles.